The van der Waals surface area contributed by atoms with Crippen LogP contribution in [0.1, 0.15) is 25.8 Å². The Morgan fingerprint density at radius 1 is 1.33 bits per heavy atom. The maximum absolute atomic E-state index is 12.1. The van der Waals surface area contributed by atoms with Gasteiger partial charge in [0, 0.05) is 10.5 Å². The number of halogens is 1. The van der Waals surface area contributed by atoms with E-state index in [1.807, 2.05) is 6.92 Å². The molecule has 2 unspecified atom stereocenters. The fourth-order valence-corrected chi connectivity index (χ4v) is 2.97. The van der Waals surface area contributed by atoms with Gasteiger partial charge in [0.15, 0.2) is 0 Å². The van der Waals surface area contributed by atoms with Crippen LogP contribution < -0.4 is 11.2 Å². The van der Waals surface area contributed by atoms with Crippen molar-refractivity contribution in [1.29, 1.82) is 0 Å². The maximum Gasteiger partial charge on any atom is 0.331 e. The Kier molecular flexibility index (Phi) is 3.49. The monoisotopic (exact) mass is 350 g/mol. The second-order valence-electron chi connectivity index (χ2n) is 5.31. The van der Waals surface area contributed by atoms with E-state index in [4.69, 9.17) is 0 Å². The molecule has 110 valence electrons. The fourth-order valence-electron chi connectivity index (χ4n) is 2.71. The molecule has 1 fully saturated rings. The zero-order chi connectivity index (χ0) is 15.1. The van der Waals surface area contributed by atoms with E-state index in [0.29, 0.717) is 11.5 Å². The van der Waals surface area contributed by atoms with Crippen molar-refractivity contribution >= 4 is 15.9 Å². The zero-order valence-corrected chi connectivity index (χ0v) is 13.1. The van der Waals surface area contributed by atoms with Crippen LogP contribution >= 0.6 is 15.9 Å². The molecule has 21 heavy (non-hydrogen) atoms. The van der Waals surface area contributed by atoms with Crippen molar-refractivity contribution in [3.8, 4) is 17.0 Å². The molecule has 1 aromatic carbocycles. The van der Waals surface area contributed by atoms with Crippen LogP contribution in [0.5, 0.6) is 5.88 Å². The van der Waals surface area contributed by atoms with Gasteiger partial charge in [0.05, 0.1) is 0 Å². The Balaban J connectivity index is 2.17. The van der Waals surface area contributed by atoms with Crippen molar-refractivity contribution in [2.24, 2.45) is 5.92 Å². The summed E-state index contributed by atoms with van der Waals surface area (Å²) in [6, 6.07) is 7.01. The quantitative estimate of drug-likeness (QED) is 0.893. The molecule has 1 heterocycles. The van der Waals surface area contributed by atoms with Crippen LogP contribution in [0.25, 0.3) is 11.1 Å². The molecule has 0 spiro atoms. The Bertz CT molecular complexity index is 792. The standard InChI is InChI=1S/C15H15BrN2O3/c1-2-8-7-11(8)18-14(20)12(13(19)17-15(18)21)9-3-5-10(16)6-4-9/h3-6,8,11,20H,2,7H2,1H3,(H,17,19,21). The third-order valence-electron chi connectivity index (χ3n) is 3.99. The predicted octanol–water partition coefficient (Wildman–Crippen LogP) is 2.64. The third-order valence-corrected chi connectivity index (χ3v) is 4.52. The average molecular weight is 351 g/mol. The lowest BCUT2D eigenvalue weighted by molar-refractivity contribution is 0.398. The number of benzene rings is 1. The zero-order valence-electron chi connectivity index (χ0n) is 11.5. The van der Waals surface area contributed by atoms with Crippen LogP contribution in [0.15, 0.2) is 38.3 Å². The molecule has 2 N–H and O–H groups in total. The first-order valence-electron chi connectivity index (χ1n) is 6.86. The molecule has 2 atom stereocenters. The molecule has 0 radical (unpaired) electrons. The summed E-state index contributed by atoms with van der Waals surface area (Å²) in [5, 5.41) is 10.4. The van der Waals surface area contributed by atoms with E-state index in [0.717, 1.165) is 17.3 Å². The Morgan fingerprint density at radius 2 is 2.00 bits per heavy atom. The Labute approximate surface area is 129 Å². The largest absolute Gasteiger partial charge is 0.494 e. The summed E-state index contributed by atoms with van der Waals surface area (Å²) < 4.78 is 2.19. The van der Waals surface area contributed by atoms with Crippen molar-refractivity contribution in [3.63, 3.8) is 0 Å². The van der Waals surface area contributed by atoms with Crippen LogP contribution in [0.3, 0.4) is 0 Å². The topological polar surface area (TPSA) is 75.1 Å². The molecule has 0 saturated heterocycles. The lowest BCUT2D eigenvalue weighted by atomic mass is 10.1. The third kappa shape index (κ3) is 2.44. The first-order valence-corrected chi connectivity index (χ1v) is 7.66. The molecule has 0 bridgehead atoms. The number of aromatic hydroxyl groups is 1. The summed E-state index contributed by atoms with van der Waals surface area (Å²) in [6.07, 6.45) is 1.80. The van der Waals surface area contributed by atoms with Crippen molar-refractivity contribution in [2.75, 3.05) is 0 Å². The molecule has 1 saturated carbocycles. The van der Waals surface area contributed by atoms with Gasteiger partial charge in [0.25, 0.3) is 5.56 Å². The number of aromatic amines is 1. The van der Waals surface area contributed by atoms with Crippen LogP contribution in [-0.2, 0) is 0 Å². The summed E-state index contributed by atoms with van der Waals surface area (Å²) in [4.78, 5) is 26.3. The lowest BCUT2D eigenvalue weighted by Gasteiger charge is -2.11. The molecule has 1 aromatic heterocycles. The summed E-state index contributed by atoms with van der Waals surface area (Å²) in [5.41, 5.74) is -0.382. The van der Waals surface area contributed by atoms with Gasteiger partial charge in [0.1, 0.15) is 5.56 Å². The number of nitrogens with zero attached hydrogens (tertiary/aromatic N) is 1. The van der Waals surface area contributed by atoms with E-state index in [9.17, 15) is 14.7 Å². The van der Waals surface area contributed by atoms with Crippen molar-refractivity contribution < 1.29 is 5.11 Å². The summed E-state index contributed by atoms with van der Waals surface area (Å²) >= 11 is 3.33. The number of H-pyrrole nitrogens is 1. The highest BCUT2D eigenvalue weighted by Gasteiger charge is 2.40. The van der Waals surface area contributed by atoms with Gasteiger partial charge in [-0.25, -0.2) is 4.79 Å². The normalized spacial score (nSPS) is 20.5. The van der Waals surface area contributed by atoms with Crippen molar-refractivity contribution in [3.05, 3.63) is 49.6 Å². The van der Waals surface area contributed by atoms with E-state index in [2.05, 4.69) is 20.9 Å². The van der Waals surface area contributed by atoms with E-state index < -0.39 is 11.2 Å². The number of aromatic nitrogens is 2. The van der Waals surface area contributed by atoms with Gasteiger partial charge in [-0.2, -0.15) is 0 Å². The van der Waals surface area contributed by atoms with Gasteiger partial charge in [-0.1, -0.05) is 41.4 Å². The van der Waals surface area contributed by atoms with E-state index in [-0.39, 0.29) is 17.5 Å². The second-order valence-corrected chi connectivity index (χ2v) is 6.22. The molecule has 5 nitrogen and oxygen atoms in total. The Morgan fingerprint density at radius 3 is 2.57 bits per heavy atom. The summed E-state index contributed by atoms with van der Waals surface area (Å²) in [5.74, 6) is 0.143. The molecule has 0 aliphatic heterocycles. The second kappa shape index (κ2) is 5.18. The average Bonchev–Trinajstić information content (AvgIpc) is 3.19. The first-order chi connectivity index (χ1) is 10.0. The van der Waals surface area contributed by atoms with Gasteiger partial charge >= 0.3 is 5.69 Å². The highest BCUT2D eigenvalue weighted by molar-refractivity contribution is 9.10. The number of nitrogens with one attached hydrogen (secondary N) is 1. The smallest absolute Gasteiger partial charge is 0.331 e. The highest BCUT2D eigenvalue weighted by atomic mass is 79.9. The van der Waals surface area contributed by atoms with Crippen LogP contribution in [0, 0.1) is 5.92 Å². The van der Waals surface area contributed by atoms with Gasteiger partial charge in [-0.15, -0.1) is 0 Å². The highest BCUT2D eigenvalue weighted by Crippen LogP contribution is 2.46. The van der Waals surface area contributed by atoms with Gasteiger partial charge < -0.3 is 5.11 Å². The minimum atomic E-state index is -0.565. The minimum Gasteiger partial charge on any atom is -0.494 e. The van der Waals surface area contributed by atoms with Crippen LogP contribution in [-0.4, -0.2) is 14.7 Å². The molecule has 6 heteroatoms. The molecule has 3 rings (SSSR count). The minimum absolute atomic E-state index is 0.0199. The summed E-state index contributed by atoms with van der Waals surface area (Å²) in [7, 11) is 0. The molecular weight excluding hydrogens is 336 g/mol. The maximum atomic E-state index is 12.1. The Hall–Kier alpha value is -1.82. The number of rotatable bonds is 3. The van der Waals surface area contributed by atoms with Gasteiger partial charge in [-0.3, -0.25) is 14.3 Å². The van der Waals surface area contributed by atoms with Crippen LogP contribution in [0.2, 0.25) is 0 Å². The molecule has 1 aliphatic rings. The fraction of sp³-hybridized carbons (Fsp3) is 0.333. The van der Waals surface area contributed by atoms with E-state index in [1.165, 1.54) is 4.57 Å². The SMILES string of the molecule is CCC1CC1n1c(O)c(-c2ccc(Br)cc2)c(=O)[nH]c1=O. The van der Waals surface area contributed by atoms with Gasteiger partial charge in [0.2, 0.25) is 5.88 Å². The molecular formula is C15H15BrN2O3. The van der Waals surface area contributed by atoms with Crippen LogP contribution in [0.4, 0.5) is 0 Å². The molecule has 1 aliphatic carbocycles. The number of hydrogen-bond acceptors (Lipinski definition) is 3. The molecule has 0 amide bonds. The number of hydrogen-bond donors (Lipinski definition) is 2. The first kappa shape index (κ1) is 14.1. The van der Waals surface area contributed by atoms with E-state index in [1.54, 1.807) is 24.3 Å². The van der Waals surface area contributed by atoms with Crippen molar-refractivity contribution in [2.45, 2.75) is 25.8 Å². The predicted molar refractivity (Wildman–Crippen MR) is 83.6 cm³/mol. The van der Waals surface area contributed by atoms with Crippen molar-refractivity contribution in [1.82, 2.24) is 9.55 Å². The van der Waals surface area contributed by atoms with E-state index >= 15 is 0 Å². The molecule has 2 aromatic rings. The van der Waals surface area contributed by atoms with Gasteiger partial charge in [-0.05, 0) is 30.0 Å². The lowest BCUT2D eigenvalue weighted by Crippen LogP contribution is -2.30. The summed E-state index contributed by atoms with van der Waals surface area (Å²) in [6.45, 7) is 2.05.